The molecule has 4 rings (SSSR count). The van der Waals surface area contributed by atoms with Gasteiger partial charge < -0.3 is 25.4 Å². The molecule has 1 aliphatic heterocycles. The number of halogens is 1. The Morgan fingerprint density at radius 3 is 2.37 bits per heavy atom. The highest BCUT2D eigenvalue weighted by molar-refractivity contribution is 7.89. The molecule has 12 heteroatoms. The van der Waals surface area contributed by atoms with E-state index in [9.17, 15) is 27.5 Å². The van der Waals surface area contributed by atoms with Gasteiger partial charge in [-0.3, -0.25) is 4.79 Å². The number of aliphatic hydroxyl groups is 1. The van der Waals surface area contributed by atoms with E-state index < -0.39 is 34.0 Å². The number of fused-ring (bicyclic) bond motifs is 1. The van der Waals surface area contributed by atoms with Gasteiger partial charge in [-0.25, -0.2) is 17.6 Å². The molecule has 3 amide bonds. The first-order chi connectivity index (χ1) is 20.4. The Labute approximate surface area is 251 Å². The topological polar surface area (TPSA) is 128 Å². The van der Waals surface area contributed by atoms with Gasteiger partial charge in [0.1, 0.15) is 17.7 Å². The Hall–Kier alpha value is -4.00. The summed E-state index contributed by atoms with van der Waals surface area (Å²) in [6.07, 6.45) is -0.713. The second kappa shape index (κ2) is 13.5. The van der Waals surface area contributed by atoms with E-state index in [0.717, 1.165) is 5.56 Å². The van der Waals surface area contributed by atoms with E-state index in [1.165, 1.54) is 35.6 Å². The van der Waals surface area contributed by atoms with Gasteiger partial charge in [-0.1, -0.05) is 24.6 Å². The van der Waals surface area contributed by atoms with Crippen LogP contribution in [0.2, 0.25) is 0 Å². The molecule has 230 valence electrons. The number of nitrogens with zero attached hydrogens (tertiary/aromatic N) is 2. The Balaban J connectivity index is 1.61. The first-order valence-corrected chi connectivity index (χ1v) is 15.4. The minimum absolute atomic E-state index is 0.00638. The second-order valence-corrected chi connectivity index (χ2v) is 12.9. The Bertz CT molecular complexity index is 1550. The van der Waals surface area contributed by atoms with Crippen molar-refractivity contribution >= 4 is 33.3 Å². The van der Waals surface area contributed by atoms with Gasteiger partial charge in [0.15, 0.2) is 0 Å². The zero-order valence-electron chi connectivity index (χ0n) is 24.6. The zero-order valence-corrected chi connectivity index (χ0v) is 25.4. The molecule has 1 aliphatic rings. The predicted molar refractivity (Wildman–Crippen MR) is 162 cm³/mol. The molecule has 0 aromatic heterocycles. The number of amides is 3. The Morgan fingerprint density at radius 1 is 1.09 bits per heavy atom. The molecule has 0 saturated heterocycles. The smallest absolute Gasteiger partial charge is 0.323 e. The van der Waals surface area contributed by atoms with E-state index in [4.69, 9.17) is 4.74 Å². The maximum atomic E-state index is 13.5. The fourth-order valence-electron chi connectivity index (χ4n) is 4.79. The summed E-state index contributed by atoms with van der Waals surface area (Å²) in [5.41, 5.74) is 2.22. The molecule has 0 radical (unpaired) electrons. The van der Waals surface area contributed by atoms with Crippen molar-refractivity contribution < 1.29 is 32.2 Å². The molecule has 0 unspecified atom stereocenters. The normalized spacial score (nSPS) is 18.1. The maximum Gasteiger partial charge on any atom is 0.323 e. The van der Waals surface area contributed by atoms with Crippen LogP contribution in [0.4, 0.5) is 20.6 Å². The highest BCUT2D eigenvalue weighted by atomic mass is 32.2. The van der Waals surface area contributed by atoms with Crippen LogP contribution in [0.3, 0.4) is 0 Å². The largest absolute Gasteiger partial charge is 0.488 e. The van der Waals surface area contributed by atoms with Crippen LogP contribution < -0.4 is 15.4 Å². The summed E-state index contributed by atoms with van der Waals surface area (Å²) < 4.78 is 47.6. The molecule has 0 bridgehead atoms. The van der Waals surface area contributed by atoms with E-state index in [1.807, 2.05) is 13.8 Å². The lowest BCUT2D eigenvalue weighted by atomic mass is 10.0. The Kier molecular flexibility index (Phi) is 10.0. The molecule has 43 heavy (non-hydrogen) atoms. The first-order valence-electron chi connectivity index (χ1n) is 13.9. The number of urea groups is 1. The monoisotopic (exact) mass is 612 g/mol. The van der Waals surface area contributed by atoms with Crippen LogP contribution in [0.15, 0.2) is 71.6 Å². The SMILES string of the molecule is Cc1ccc(S(=O)(=O)N(C)C[C@@H]2Oc3ccc(NC(=O)Nc4ccc(F)cc4)cc3CC(=O)N([C@@H](C)CO)C[C@@H]2C)cc1. The van der Waals surface area contributed by atoms with Crippen LogP contribution in [0.1, 0.15) is 25.0 Å². The summed E-state index contributed by atoms with van der Waals surface area (Å²) in [7, 11) is -2.33. The molecule has 0 fully saturated rings. The minimum Gasteiger partial charge on any atom is -0.488 e. The van der Waals surface area contributed by atoms with Crippen LogP contribution in [0, 0.1) is 18.7 Å². The Morgan fingerprint density at radius 2 is 1.72 bits per heavy atom. The predicted octanol–water partition coefficient (Wildman–Crippen LogP) is 4.25. The van der Waals surface area contributed by atoms with Crippen molar-refractivity contribution in [3.05, 3.63) is 83.7 Å². The van der Waals surface area contributed by atoms with Gasteiger partial charge in [0.2, 0.25) is 15.9 Å². The van der Waals surface area contributed by atoms with E-state index in [2.05, 4.69) is 10.6 Å². The molecule has 0 aliphatic carbocycles. The highest BCUT2D eigenvalue weighted by Gasteiger charge is 2.33. The van der Waals surface area contributed by atoms with Crippen molar-refractivity contribution in [3.8, 4) is 5.75 Å². The standard InChI is InChI=1S/C31H37FN4O6S/c1-20-5-12-27(13-6-20)43(40,41)35(4)18-29-21(2)17-36(22(3)19-37)30(38)16-23-15-26(11-14-28(23)42-29)34-31(39)33-25-9-7-24(32)8-10-25/h5-15,21-22,29,37H,16-19H2,1-4H3,(H2,33,34,39)/t21-,22-,29-/m0/s1. The van der Waals surface area contributed by atoms with Crippen LogP contribution in [-0.4, -0.2) is 73.6 Å². The molecule has 10 nitrogen and oxygen atoms in total. The van der Waals surface area contributed by atoms with Gasteiger partial charge in [-0.15, -0.1) is 0 Å². The lowest BCUT2D eigenvalue weighted by molar-refractivity contribution is -0.134. The quantitative estimate of drug-likeness (QED) is 0.349. The second-order valence-electron chi connectivity index (χ2n) is 10.9. The number of anilines is 2. The number of aliphatic hydroxyl groups excluding tert-OH is 1. The molecule has 3 N–H and O–H groups in total. The summed E-state index contributed by atoms with van der Waals surface area (Å²) in [5.74, 6) is -0.593. The summed E-state index contributed by atoms with van der Waals surface area (Å²) in [6.45, 7) is 5.50. The number of aryl methyl sites for hydroxylation is 1. The number of carbonyl (C=O) groups excluding carboxylic acids is 2. The minimum atomic E-state index is -3.82. The van der Waals surface area contributed by atoms with Gasteiger partial charge >= 0.3 is 6.03 Å². The van der Waals surface area contributed by atoms with E-state index >= 15 is 0 Å². The molecule has 3 atom stereocenters. The third-order valence-electron chi connectivity index (χ3n) is 7.44. The van der Waals surface area contributed by atoms with E-state index in [-0.39, 0.29) is 42.8 Å². The molecule has 0 spiro atoms. The van der Waals surface area contributed by atoms with Crippen LogP contribution >= 0.6 is 0 Å². The van der Waals surface area contributed by atoms with Gasteiger partial charge in [-0.2, -0.15) is 4.31 Å². The summed E-state index contributed by atoms with van der Waals surface area (Å²) in [5, 5.41) is 15.2. The average molecular weight is 613 g/mol. The van der Waals surface area contributed by atoms with Crippen molar-refractivity contribution in [3.63, 3.8) is 0 Å². The number of sulfonamides is 1. The van der Waals surface area contributed by atoms with Gasteiger partial charge in [0.05, 0.1) is 30.5 Å². The van der Waals surface area contributed by atoms with Gasteiger partial charge in [0.25, 0.3) is 0 Å². The third-order valence-corrected chi connectivity index (χ3v) is 9.28. The maximum absolute atomic E-state index is 13.5. The third kappa shape index (κ3) is 7.89. The van der Waals surface area contributed by atoms with Crippen molar-refractivity contribution in [2.75, 3.05) is 37.4 Å². The van der Waals surface area contributed by atoms with Crippen molar-refractivity contribution in [1.82, 2.24) is 9.21 Å². The first kappa shape index (κ1) is 31.9. The number of carbonyl (C=O) groups is 2. The number of nitrogens with one attached hydrogen (secondary N) is 2. The lowest BCUT2D eigenvalue weighted by Gasteiger charge is -2.33. The van der Waals surface area contributed by atoms with Crippen LogP contribution in [0.25, 0.3) is 0 Å². The number of benzene rings is 3. The van der Waals surface area contributed by atoms with Gasteiger partial charge in [-0.05, 0) is 68.4 Å². The van der Waals surface area contributed by atoms with Crippen LogP contribution in [-0.2, 0) is 21.2 Å². The molecule has 3 aromatic carbocycles. The van der Waals surface area contributed by atoms with E-state index in [0.29, 0.717) is 22.7 Å². The fourth-order valence-corrected chi connectivity index (χ4v) is 5.98. The molecular weight excluding hydrogens is 575 g/mol. The number of ether oxygens (including phenoxy) is 1. The molecule has 0 saturated carbocycles. The fraction of sp³-hybridized carbons (Fsp3) is 0.355. The van der Waals surface area contributed by atoms with E-state index in [1.54, 1.807) is 54.3 Å². The lowest BCUT2D eigenvalue weighted by Crippen LogP contribution is -2.48. The number of rotatable bonds is 8. The van der Waals surface area contributed by atoms with Crippen molar-refractivity contribution in [2.24, 2.45) is 5.92 Å². The molecule has 3 aromatic rings. The number of hydrogen-bond acceptors (Lipinski definition) is 6. The van der Waals surface area contributed by atoms with Crippen LogP contribution in [0.5, 0.6) is 5.75 Å². The summed E-state index contributed by atoms with van der Waals surface area (Å²) in [4.78, 5) is 27.8. The number of hydrogen-bond donors (Lipinski definition) is 3. The molecular formula is C31H37FN4O6S. The number of likely N-dealkylation sites (N-methyl/N-ethyl adjacent to an activating group) is 1. The summed E-state index contributed by atoms with van der Waals surface area (Å²) in [6, 6.07) is 15.8. The highest BCUT2D eigenvalue weighted by Crippen LogP contribution is 2.30. The van der Waals surface area contributed by atoms with Crippen molar-refractivity contribution in [1.29, 1.82) is 0 Å². The van der Waals surface area contributed by atoms with Gasteiger partial charge in [0, 0.05) is 36.4 Å². The zero-order chi connectivity index (χ0) is 31.3. The average Bonchev–Trinajstić information content (AvgIpc) is 3.01. The molecule has 1 heterocycles. The summed E-state index contributed by atoms with van der Waals surface area (Å²) >= 11 is 0. The van der Waals surface area contributed by atoms with Crippen molar-refractivity contribution in [2.45, 2.75) is 44.2 Å².